The van der Waals surface area contributed by atoms with E-state index in [2.05, 4.69) is 15.3 Å². The number of halogens is 2. The lowest BCUT2D eigenvalue weighted by molar-refractivity contribution is 0.101. The van der Waals surface area contributed by atoms with Crippen LogP contribution in [0.2, 0.25) is 0 Å². The third kappa shape index (κ3) is 5.58. The van der Waals surface area contributed by atoms with E-state index in [0.717, 1.165) is 37.8 Å². The molecule has 0 bridgehead atoms. The minimum absolute atomic E-state index is 0.179. The smallest absolute Gasteiger partial charge is 0.213 e. The summed E-state index contributed by atoms with van der Waals surface area (Å²) in [6, 6.07) is 8.63. The zero-order valence-electron chi connectivity index (χ0n) is 19.1. The van der Waals surface area contributed by atoms with Crippen LogP contribution in [0.25, 0.3) is 17.1 Å². The Hall–Kier alpha value is -2.94. The van der Waals surface area contributed by atoms with E-state index in [-0.39, 0.29) is 11.5 Å². The minimum Gasteiger partial charge on any atom is -0.481 e. The van der Waals surface area contributed by atoms with Gasteiger partial charge in [-0.1, -0.05) is 12.2 Å². The van der Waals surface area contributed by atoms with Gasteiger partial charge in [-0.3, -0.25) is 4.98 Å². The first-order chi connectivity index (χ1) is 16.5. The average Bonchev–Trinajstić information content (AvgIpc) is 2.87. The van der Waals surface area contributed by atoms with E-state index in [1.165, 1.54) is 6.07 Å². The highest BCUT2D eigenvalue weighted by Gasteiger charge is 2.31. The van der Waals surface area contributed by atoms with Crippen molar-refractivity contribution in [3.8, 4) is 5.88 Å². The molecule has 3 aromatic rings. The Balaban J connectivity index is 1.31. The van der Waals surface area contributed by atoms with Crippen LogP contribution in [-0.4, -0.2) is 40.8 Å². The van der Waals surface area contributed by atoms with Crippen LogP contribution in [0.3, 0.4) is 0 Å². The van der Waals surface area contributed by atoms with Gasteiger partial charge in [-0.15, -0.1) is 0 Å². The predicted octanol–water partition coefficient (Wildman–Crippen LogP) is 4.14. The minimum atomic E-state index is -0.858. The molecule has 2 heterocycles. The first-order valence-electron chi connectivity index (χ1n) is 11.5. The Morgan fingerprint density at radius 1 is 1.18 bits per heavy atom. The standard InChI is InChI=1S/C26H30F2N4O2/c1-34-23-11-10-22-25(32-23)20(12-14-31-22)26(33)24(29)16-4-7-19(8-5-16)30-13-2-3-17-15-18(27)6-9-21(17)28/h2-3,6,9-12,14-16,19,24,26,30,33H,4-5,7-8,13,29H2,1H3/b3-2+/t16-,19-,24-,26-/m0/s1. The van der Waals surface area contributed by atoms with Crippen molar-refractivity contribution in [3.63, 3.8) is 0 Å². The fourth-order valence-corrected chi connectivity index (χ4v) is 4.62. The normalized spacial score (nSPS) is 20.5. The first kappa shape index (κ1) is 24.2. The number of pyridine rings is 2. The number of nitrogens with zero attached hydrogens (tertiary/aromatic N) is 2. The highest BCUT2D eigenvalue weighted by molar-refractivity contribution is 5.78. The number of nitrogens with one attached hydrogen (secondary N) is 1. The second-order valence-corrected chi connectivity index (χ2v) is 8.73. The molecule has 0 saturated heterocycles. The lowest BCUT2D eigenvalue weighted by Gasteiger charge is -2.34. The van der Waals surface area contributed by atoms with E-state index in [1.807, 2.05) is 6.07 Å². The van der Waals surface area contributed by atoms with Crippen molar-refractivity contribution in [2.45, 2.75) is 43.9 Å². The number of aromatic nitrogens is 2. The molecule has 6 nitrogen and oxygen atoms in total. The summed E-state index contributed by atoms with van der Waals surface area (Å²) >= 11 is 0. The van der Waals surface area contributed by atoms with Gasteiger partial charge in [0.1, 0.15) is 11.6 Å². The number of benzene rings is 1. The molecule has 1 saturated carbocycles. The van der Waals surface area contributed by atoms with Gasteiger partial charge in [-0.2, -0.15) is 0 Å². The van der Waals surface area contributed by atoms with Crippen LogP contribution in [0.1, 0.15) is 42.9 Å². The third-order valence-electron chi connectivity index (χ3n) is 6.58. The maximum absolute atomic E-state index is 13.7. The van der Waals surface area contributed by atoms with Gasteiger partial charge in [-0.05, 0) is 61.9 Å². The number of methoxy groups -OCH3 is 1. The van der Waals surface area contributed by atoms with Crippen LogP contribution in [0.15, 0.2) is 48.7 Å². The number of hydrogen-bond acceptors (Lipinski definition) is 6. The second kappa shape index (κ2) is 11.0. The predicted molar refractivity (Wildman–Crippen MR) is 128 cm³/mol. The van der Waals surface area contributed by atoms with Crippen LogP contribution >= 0.6 is 0 Å². The lowest BCUT2D eigenvalue weighted by atomic mass is 9.79. The summed E-state index contributed by atoms with van der Waals surface area (Å²) < 4.78 is 32.2. The summed E-state index contributed by atoms with van der Waals surface area (Å²) in [4.78, 5) is 8.79. The Kier molecular flexibility index (Phi) is 7.82. The van der Waals surface area contributed by atoms with E-state index in [0.29, 0.717) is 35.1 Å². The Morgan fingerprint density at radius 3 is 2.74 bits per heavy atom. The fourth-order valence-electron chi connectivity index (χ4n) is 4.62. The Labute approximate surface area is 197 Å². The molecule has 2 atom stereocenters. The molecule has 1 aliphatic rings. The van der Waals surface area contributed by atoms with Gasteiger partial charge in [0.15, 0.2) is 0 Å². The molecule has 4 rings (SSSR count). The van der Waals surface area contributed by atoms with Crippen molar-refractivity contribution in [3.05, 3.63) is 71.4 Å². The summed E-state index contributed by atoms with van der Waals surface area (Å²) in [6.45, 7) is 0.566. The van der Waals surface area contributed by atoms with Crippen molar-refractivity contribution in [1.29, 1.82) is 0 Å². The molecule has 1 aliphatic carbocycles. The number of fused-ring (bicyclic) bond motifs is 1. The lowest BCUT2D eigenvalue weighted by Crippen LogP contribution is -2.41. The van der Waals surface area contributed by atoms with Gasteiger partial charge in [0.2, 0.25) is 5.88 Å². The molecule has 8 heteroatoms. The molecule has 0 aliphatic heterocycles. The van der Waals surface area contributed by atoms with Crippen LogP contribution in [0.4, 0.5) is 8.78 Å². The van der Waals surface area contributed by atoms with Gasteiger partial charge >= 0.3 is 0 Å². The van der Waals surface area contributed by atoms with E-state index in [9.17, 15) is 13.9 Å². The summed E-state index contributed by atoms with van der Waals surface area (Å²) in [5, 5.41) is 14.5. The van der Waals surface area contributed by atoms with Crippen molar-refractivity contribution in [2.24, 2.45) is 11.7 Å². The van der Waals surface area contributed by atoms with E-state index >= 15 is 0 Å². The number of nitrogens with two attached hydrogens (primary N) is 1. The van der Waals surface area contributed by atoms with Crippen molar-refractivity contribution in [2.75, 3.05) is 13.7 Å². The SMILES string of the molecule is COc1ccc2nccc([C@H](O)[C@@H](N)[C@H]3CC[C@H](NC/C=C/c4cc(F)ccc4F)CC3)c2n1. The molecule has 0 unspecified atom stereocenters. The zero-order valence-corrected chi connectivity index (χ0v) is 19.1. The Bertz CT molecular complexity index is 1150. The van der Waals surface area contributed by atoms with E-state index < -0.39 is 23.8 Å². The molecular formula is C26H30F2N4O2. The van der Waals surface area contributed by atoms with Crippen LogP contribution in [0.5, 0.6) is 5.88 Å². The number of ether oxygens (including phenoxy) is 1. The van der Waals surface area contributed by atoms with E-state index in [1.54, 1.807) is 37.6 Å². The molecule has 1 fully saturated rings. The topological polar surface area (TPSA) is 93.3 Å². The molecule has 0 amide bonds. The van der Waals surface area contributed by atoms with Crippen molar-refractivity contribution < 1.29 is 18.6 Å². The summed E-state index contributed by atoms with van der Waals surface area (Å²) in [6.07, 6.45) is 7.82. The zero-order chi connectivity index (χ0) is 24.1. The first-order valence-corrected chi connectivity index (χ1v) is 11.5. The molecule has 180 valence electrons. The highest BCUT2D eigenvalue weighted by atomic mass is 19.1. The third-order valence-corrected chi connectivity index (χ3v) is 6.58. The summed E-state index contributed by atoms with van der Waals surface area (Å²) in [7, 11) is 1.55. The molecule has 0 spiro atoms. The largest absolute Gasteiger partial charge is 0.481 e. The molecular weight excluding hydrogens is 438 g/mol. The molecule has 1 aromatic carbocycles. The van der Waals surface area contributed by atoms with Gasteiger partial charge in [0, 0.05) is 42.0 Å². The maximum atomic E-state index is 13.7. The number of hydrogen-bond donors (Lipinski definition) is 3. The van der Waals surface area contributed by atoms with E-state index in [4.69, 9.17) is 10.5 Å². The molecule has 4 N–H and O–H groups in total. The number of aliphatic hydroxyl groups excluding tert-OH is 1. The van der Waals surface area contributed by atoms with Crippen molar-refractivity contribution >= 4 is 17.1 Å². The van der Waals surface area contributed by atoms with Crippen molar-refractivity contribution in [1.82, 2.24) is 15.3 Å². The van der Waals surface area contributed by atoms with Gasteiger partial charge in [0.05, 0.1) is 24.2 Å². The van der Waals surface area contributed by atoms with Gasteiger partial charge < -0.3 is 20.9 Å². The number of rotatable bonds is 8. The van der Waals surface area contributed by atoms with Crippen LogP contribution < -0.4 is 15.8 Å². The van der Waals surface area contributed by atoms with Gasteiger partial charge in [0.25, 0.3) is 0 Å². The summed E-state index contributed by atoms with van der Waals surface area (Å²) in [5.41, 5.74) is 8.69. The monoisotopic (exact) mass is 468 g/mol. The van der Waals surface area contributed by atoms with Crippen LogP contribution in [0, 0.1) is 17.6 Å². The highest BCUT2D eigenvalue weighted by Crippen LogP contribution is 2.33. The quantitative estimate of drug-likeness (QED) is 0.460. The van der Waals surface area contributed by atoms with Gasteiger partial charge in [-0.25, -0.2) is 13.8 Å². The Morgan fingerprint density at radius 2 is 1.97 bits per heavy atom. The molecule has 2 aromatic heterocycles. The second-order valence-electron chi connectivity index (χ2n) is 8.73. The maximum Gasteiger partial charge on any atom is 0.213 e. The van der Waals surface area contributed by atoms with Crippen LogP contribution in [-0.2, 0) is 0 Å². The average molecular weight is 469 g/mol. The summed E-state index contributed by atoms with van der Waals surface area (Å²) in [5.74, 6) is -0.260. The molecule has 0 radical (unpaired) electrons. The fraction of sp³-hybridized carbons (Fsp3) is 0.385. The molecule has 34 heavy (non-hydrogen) atoms. The number of aliphatic hydroxyl groups is 1.